The zero-order valence-electron chi connectivity index (χ0n) is 12.2. The lowest BCUT2D eigenvalue weighted by Gasteiger charge is -2.13. The van der Waals surface area contributed by atoms with Crippen molar-refractivity contribution in [2.45, 2.75) is 13.8 Å². The van der Waals surface area contributed by atoms with Gasteiger partial charge in [0.2, 0.25) is 0 Å². The van der Waals surface area contributed by atoms with E-state index in [0.29, 0.717) is 17.0 Å². The summed E-state index contributed by atoms with van der Waals surface area (Å²) in [7, 11) is 1.55. The lowest BCUT2D eigenvalue weighted by atomic mass is 10.1. The molecule has 110 valence electrons. The van der Waals surface area contributed by atoms with E-state index in [4.69, 9.17) is 10.5 Å². The lowest BCUT2D eigenvalue weighted by molar-refractivity contribution is 0.102. The molecule has 5 heteroatoms. The van der Waals surface area contributed by atoms with Gasteiger partial charge in [0.25, 0.3) is 5.91 Å². The third-order valence-corrected chi connectivity index (χ3v) is 3.80. The van der Waals surface area contributed by atoms with Crippen molar-refractivity contribution in [2.24, 2.45) is 0 Å². The summed E-state index contributed by atoms with van der Waals surface area (Å²) in [6.45, 7) is 3.95. The molecule has 2 aromatic carbocycles. The highest BCUT2D eigenvalue weighted by molar-refractivity contribution is 9.10. The summed E-state index contributed by atoms with van der Waals surface area (Å²) in [4.78, 5) is 12.4. The van der Waals surface area contributed by atoms with Crippen molar-refractivity contribution in [3.63, 3.8) is 0 Å². The fourth-order valence-corrected chi connectivity index (χ4v) is 2.89. The summed E-state index contributed by atoms with van der Waals surface area (Å²) >= 11 is 3.47. The van der Waals surface area contributed by atoms with Gasteiger partial charge in [-0.25, -0.2) is 0 Å². The molecule has 0 aliphatic rings. The molecule has 1 amide bonds. The largest absolute Gasteiger partial charge is 0.497 e. The molecular formula is C16H17BrN2O2. The van der Waals surface area contributed by atoms with E-state index in [1.807, 2.05) is 26.0 Å². The molecule has 2 rings (SSSR count). The minimum atomic E-state index is -0.265. The Kier molecular flexibility index (Phi) is 4.53. The summed E-state index contributed by atoms with van der Waals surface area (Å²) in [6, 6.07) is 8.97. The van der Waals surface area contributed by atoms with Gasteiger partial charge in [-0.2, -0.15) is 0 Å². The number of nitrogens with one attached hydrogen (secondary N) is 1. The molecule has 0 heterocycles. The van der Waals surface area contributed by atoms with Crippen LogP contribution in [0.2, 0.25) is 0 Å². The Morgan fingerprint density at radius 1 is 1.24 bits per heavy atom. The van der Waals surface area contributed by atoms with E-state index in [9.17, 15) is 4.79 Å². The molecule has 0 spiro atoms. The minimum absolute atomic E-state index is 0.265. The van der Waals surface area contributed by atoms with Gasteiger partial charge in [0, 0.05) is 10.2 Å². The van der Waals surface area contributed by atoms with Crippen LogP contribution in [0.25, 0.3) is 0 Å². The quantitative estimate of drug-likeness (QED) is 0.826. The number of anilines is 2. The van der Waals surface area contributed by atoms with Crippen molar-refractivity contribution in [1.29, 1.82) is 0 Å². The average molecular weight is 349 g/mol. The van der Waals surface area contributed by atoms with Gasteiger partial charge in [-0.05, 0) is 65.2 Å². The molecule has 21 heavy (non-hydrogen) atoms. The molecule has 0 saturated heterocycles. The van der Waals surface area contributed by atoms with Crippen LogP contribution in [0.3, 0.4) is 0 Å². The molecule has 4 nitrogen and oxygen atoms in total. The number of benzene rings is 2. The fraction of sp³-hybridized carbons (Fsp3) is 0.188. The molecule has 0 aliphatic heterocycles. The van der Waals surface area contributed by atoms with Crippen molar-refractivity contribution in [3.05, 3.63) is 51.5 Å². The van der Waals surface area contributed by atoms with Gasteiger partial charge in [-0.15, -0.1) is 0 Å². The first kappa shape index (κ1) is 15.4. The maximum Gasteiger partial charge on any atom is 0.257 e. The molecule has 0 bridgehead atoms. The van der Waals surface area contributed by atoms with E-state index >= 15 is 0 Å². The highest BCUT2D eigenvalue weighted by Gasteiger charge is 2.14. The number of ether oxygens (including phenoxy) is 1. The van der Waals surface area contributed by atoms with Crippen LogP contribution in [0.4, 0.5) is 11.4 Å². The predicted octanol–water partition coefficient (Wildman–Crippen LogP) is 3.91. The van der Waals surface area contributed by atoms with Crippen LogP contribution in [-0.2, 0) is 0 Å². The summed E-state index contributed by atoms with van der Waals surface area (Å²) in [5.41, 5.74) is 9.52. The van der Waals surface area contributed by atoms with E-state index in [1.165, 1.54) is 0 Å². The Morgan fingerprint density at radius 3 is 2.57 bits per heavy atom. The predicted molar refractivity (Wildman–Crippen MR) is 89.0 cm³/mol. The second-order valence-electron chi connectivity index (χ2n) is 4.85. The molecule has 2 aromatic rings. The molecule has 0 aliphatic carbocycles. The fourth-order valence-electron chi connectivity index (χ4n) is 2.11. The highest BCUT2D eigenvalue weighted by Crippen LogP contribution is 2.29. The van der Waals surface area contributed by atoms with E-state index < -0.39 is 0 Å². The summed E-state index contributed by atoms with van der Waals surface area (Å²) in [5, 5.41) is 2.89. The number of amides is 1. The first-order valence-corrected chi connectivity index (χ1v) is 7.23. The smallest absolute Gasteiger partial charge is 0.257 e. The van der Waals surface area contributed by atoms with Crippen molar-refractivity contribution < 1.29 is 9.53 Å². The third-order valence-electron chi connectivity index (χ3n) is 3.18. The number of carbonyl (C=O) groups excluding carboxylic acids is 1. The molecule has 0 unspecified atom stereocenters. The number of carbonyl (C=O) groups is 1. The van der Waals surface area contributed by atoms with Crippen molar-refractivity contribution in [2.75, 3.05) is 18.2 Å². The van der Waals surface area contributed by atoms with E-state index in [1.54, 1.807) is 25.3 Å². The van der Waals surface area contributed by atoms with E-state index in [2.05, 4.69) is 21.2 Å². The first-order chi connectivity index (χ1) is 9.92. The summed E-state index contributed by atoms with van der Waals surface area (Å²) in [5.74, 6) is 0.327. The molecule has 0 aromatic heterocycles. The van der Waals surface area contributed by atoms with E-state index in [0.717, 1.165) is 21.3 Å². The zero-order valence-corrected chi connectivity index (χ0v) is 13.7. The number of halogens is 1. The van der Waals surface area contributed by atoms with Crippen LogP contribution in [-0.4, -0.2) is 13.0 Å². The van der Waals surface area contributed by atoms with Crippen LogP contribution in [0, 0.1) is 13.8 Å². The number of aryl methyl sites for hydroxylation is 2. The van der Waals surface area contributed by atoms with Crippen LogP contribution in [0.1, 0.15) is 21.5 Å². The van der Waals surface area contributed by atoms with Crippen molar-refractivity contribution >= 4 is 33.2 Å². The van der Waals surface area contributed by atoms with Crippen LogP contribution in [0.5, 0.6) is 5.75 Å². The molecule has 0 saturated carbocycles. The summed E-state index contributed by atoms with van der Waals surface area (Å²) < 4.78 is 5.97. The zero-order chi connectivity index (χ0) is 15.6. The van der Waals surface area contributed by atoms with Crippen LogP contribution < -0.4 is 15.8 Å². The molecule has 0 fully saturated rings. The Balaban J connectivity index is 2.35. The molecule has 0 atom stereocenters. The maximum absolute atomic E-state index is 12.4. The Hall–Kier alpha value is -2.01. The molecule has 3 N–H and O–H groups in total. The Labute approximate surface area is 132 Å². The second-order valence-corrected chi connectivity index (χ2v) is 5.70. The number of hydrogen-bond acceptors (Lipinski definition) is 3. The lowest BCUT2D eigenvalue weighted by Crippen LogP contribution is -2.15. The highest BCUT2D eigenvalue weighted by atomic mass is 79.9. The van der Waals surface area contributed by atoms with E-state index in [-0.39, 0.29) is 5.91 Å². The normalized spacial score (nSPS) is 10.3. The topological polar surface area (TPSA) is 64.3 Å². The summed E-state index contributed by atoms with van der Waals surface area (Å²) in [6.07, 6.45) is 0. The van der Waals surface area contributed by atoms with Crippen molar-refractivity contribution in [3.8, 4) is 5.75 Å². The number of hydrogen-bond donors (Lipinski definition) is 2. The monoisotopic (exact) mass is 348 g/mol. The SMILES string of the molecule is COc1ccc(N)c(C(=O)Nc2c(C)cc(C)cc2Br)c1. The van der Waals surface area contributed by atoms with Crippen LogP contribution >= 0.6 is 15.9 Å². The van der Waals surface area contributed by atoms with Gasteiger partial charge in [0.15, 0.2) is 0 Å². The minimum Gasteiger partial charge on any atom is -0.497 e. The van der Waals surface area contributed by atoms with Gasteiger partial charge in [-0.1, -0.05) is 6.07 Å². The standard InChI is InChI=1S/C16H17BrN2O2/c1-9-6-10(2)15(13(17)7-9)19-16(20)12-8-11(21-3)4-5-14(12)18/h4-8H,18H2,1-3H3,(H,19,20). The van der Waals surface area contributed by atoms with Gasteiger partial charge >= 0.3 is 0 Å². The van der Waals surface area contributed by atoms with Gasteiger partial charge in [0.05, 0.1) is 18.4 Å². The van der Waals surface area contributed by atoms with Gasteiger partial charge in [-0.3, -0.25) is 4.79 Å². The first-order valence-electron chi connectivity index (χ1n) is 6.44. The molecule has 0 radical (unpaired) electrons. The van der Waals surface area contributed by atoms with Gasteiger partial charge < -0.3 is 15.8 Å². The second kappa shape index (κ2) is 6.18. The van der Waals surface area contributed by atoms with Crippen molar-refractivity contribution in [1.82, 2.24) is 0 Å². The third kappa shape index (κ3) is 3.36. The Morgan fingerprint density at radius 2 is 1.95 bits per heavy atom. The Bertz CT molecular complexity index is 676. The average Bonchev–Trinajstić information content (AvgIpc) is 2.43. The maximum atomic E-state index is 12.4. The molecular weight excluding hydrogens is 332 g/mol. The number of nitrogens with two attached hydrogens (primary N) is 1. The number of nitrogen functional groups attached to an aromatic ring is 1. The number of methoxy groups -OCH3 is 1. The van der Waals surface area contributed by atoms with Gasteiger partial charge in [0.1, 0.15) is 5.75 Å². The van der Waals surface area contributed by atoms with Crippen LogP contribution in [0.15, 0.2) is 34.8 Å². The number of rotatable bonds is 3.